The van der Waals surface area contributed by atoms with Gasteiger partial charge in [-0.3, -0.25) is 9.00 Å². The van der Waals surface area contributed by atoms with Crippen LogP contribution in [0.15, 0.2) is 53.4 Å². The maximum atomic E-state index is 13.4. The molecule has 2 heterocycles. The summed E-state index contributed by atoms with van der Waals surface area (Å²) in [6.07, 6.45) is 2.42. The Labute approximate surface area is 168 Å². The lowest BCUT2D eigenvalue weighted by atomic mass is 9.74. The maximum Gasteiger partial charge on any atom is 0.157 e. The van der Waals surface area contributed by atoms with E-state index in [-0.39, 0.29) is 40.8 Å². The molecule has 5 heteroatoms. The second-order valence-corrected chi connectivity index (χ2v) is 9.69. The minimum atomic E-state index is -1.17. The third-order valence-electron chi connectivity index (χ3n) is 6.18. The van der Waals surface area contributed by atoms with Crippen molar-refractivity contribution < 1.29 is 13.4 Å². The number of nitrogens with one attached hydrogen (secondary N) is 1. The van der Waals surface area contributed by atoms with Crippen LogP contribution in [0.3, 0.4) is 0 Å². The first-order chi connectivity index (χ1) is 13.5. The lowest BCUT2D eigenvalue weighted by Gasteiger charge is -2.38. The summed E-state index contributed by atoms with van der Waals surface area (Å²) in [6, 6.07) is 13.9. The Morgan fingerprint density at radius 2 is 1.79 bits per heavy atom. The molecule has 0 radical (unpaired) electrons. The van der Waals surface area contributed by atoms with Gasteiger partial charge in [-0.15, -0.1) is 0 Å². The number of fused-ring (bicyclic) bond motifs is 2. The molecule has 2 aliphatic heterocycles. The number of hydrogen-bond donors (Lipinski definition) is 1. The van der Waals surface area contributed by atoms with E-state index in [1.807, 2.05) is 31.2 Å². The number of halogens is 1. The van der Waals surface area contributed by atoms with Crippen LogP contribution in [0.5, 0.6) is 0 Å². The zero-order chi connectivity index (χ0) is 19.8. The van der Waals surface area contributed by atoms with Gasteiger partial charge in [0.05, 0.1) is 22.1 Å². The molecule has 28 heavy (non-hydrogen) atoms. The lowest BCUT2D eigenvalue weighted by Crippen LogP contribution is -2.52. The van der Waals surface area contributed by atoms with Crippen LogP contribution in [0, 0.1) is 18.7 Å². The Morgan fingerprint density at radius 1 is 1.11 bits per heavy atom. The first kappa shape index (κ1) is 19.5. The van der Waals surface area contributed by atoms with Crippen LogP contribution in [-0.4, -0.2) is 27.3 Å². The number of benzene rings is 2. The Morgan fingerprint density at radius 3 is 2.43 bits per heavy atom. The average Bonchev–Trinajstić information content (AvgIpc) is 3.09. The fourth-order valence-electron chi connectivity index (χ4n) is 4.85. The van der Waals surface area contributed by atoms with Crippen LogP contribution in [0.25, 0.3) is 0 Å². The molecule has 2 aromatic carbocycles. The predicted octanol–water partition coefficient (Wildman–Crippen LogP) is 4.12. The fraction of sp³-hybridized carbons (Fsp3) is 0.435. The van der Waals surface area contributed by atoms with Gasteiger partial charge in [0.2, 0.25) is 0 Å². The number of hydrogen-bond acceptors (Lipinski definition) is 3. The number of carbonyl (C=O) groups excluding carboxylic acids is 1. The third-order valence-corrected chi connectivity index (χ3v) is 7.95. The van der Waals surface area contributed by atoms with E-state index in [1.54, 1.807) is 12.1 Å². The van der Waals surface area contributed by atoms with Crippen molar-refractivity contribution in [2.45, 2.75) is 61.3 Å². The molecular formula is C23H26FNO2S. The van der Waals surface area contributed by atoms with Gasteiger partial charge in [0.1, 0.15) is 5.82 Å². The van der Waals surface area contributed by atoms with E-state index in [1.165, 1.54) is 12.1 Å². The van der Waals surface area contributed by atoms with Crippen LogP contribution < -0.4 is 5.32 Å². The van der Waals surface area contributed by atoms with Crippen molar-refractivity contribution in [1.29, 1.82) is 0 Å². The monoisotopic (exact) mass is 399 g/mol. The first-order valence-electron chi connectivity index (χ1n) is 10.0. The second-order valence-electron chi connectivity index (χ2n) is 8.01. The largest absolute Gasteiger partial charge is 0.303 e. The number of aryl methyl sites for hydroxylation is 1. The molecule has 0 spiro atoms. The highest BCUT2D eigenvalue weighted by Crippen LogP contribution is 2.44. The van der Waals surface area contributed by atoms with E-state index in [0.29, 0.717) is 6.42 Å². The molecule has 1 unspecified atom stereocenters. The summed E-state index contributed by atoms with van der Waals surface area (Å²) < 4.78 is 26.8. The molecule has 0 saturated carbocycles. The summed E-state index contributed by atoms with van der Waals surface area (Å²) in [5, 5.41) is 3.40. The van der Waals surface area contributed by atoms with E-state index in [2.05, 4.69) is 12.2 Å². The Kier molecular flexibility index (Phi) is 5.48. The second kappa shape index (κ2) is 7.88. The van der Waals surface area contributed by atoms with E-state index in [0.717, 1.165) is 28.9 Å². The van der Waals surface area contributed by atoms with Crippen molar-refractivity contribution in [2.24, 2.45) is 5.92 Å². The van der Waals surface area contributed by atoms with Crippen LogP contribution in [0.1, 0.15) is 43.2 Å². The molecule has 1 N–H and O–H groups in total. The highest BCUT2D eigenvalue weighted by atomic mass is 32.2. The van der Waals surface area contributed by atoms with Gasteiger partial charge in [0.15, 0.2) is 5.78 Å². The van der Waals surface area contributed by atoms with Crippen LogP contribution in [0.2, 0.25) is 0 Å². The molecule has 2 fully saturated rings. The molecule has 148 valence electrons. The molecule has 2 aromatic rings. The van der Waals surface area contributed by atoms with Crippen LogP contribution in [0.4, 0.5) is 4.39 Å². The van der Waals surface area contributed by atoms with Crippen LogP contribution >= 0.6 is 0 Å². The zero-order valence-corrected chi connectivity index (χ0v) is 17.0. The normalized spacial score (nSPS) is 30.4. The number of Topliss-reactive ketones (excluding diaryl/α,β-unsaturated/α-hetero) is 1. The molecule has 0 amide bonds. The van der Waals surface area contributed by atoms with Gasteiger partial charge < -0.3 is 5.32 Å². The Bertz CT molecular complexity index is 880. The number of piperidine rings is 1. The van der Waals surface area contributed by atoms with Crippen LogP contribution in [-0.2, 0) is 15.6 Å². The molecule has 2 saturated heterocycles. The van der Waals surface area contributed by atoms with Crippen molar-refractivity contribution in [2.75, 3.05) is 0 Å². The summed E-state index contributed by atoms with van der Waals surface area (Å²) in [7, 11) is -1.17. The molecule has 2 aliphatic rings. The number of ketones is 1. The molecule has 4 rings (SSSR count). The summed E-state index contributed by atoms with van der Waals surface area (Å²) in [5.41, 5.74) is 2.02. The molecule has 2 bridgehead atoms. The van der Waals surface area contributed by atoms with Gasteiger partial charge in [-0.25, -0.2) is 4.39 Å². The Hall–Kier alpha value is -1.85. The van der Waals surface area contributed by atoms with Gasteiger partial charge >= 0.3 is 0 Å². The molecule has 3 nitrogen and oxygen atoms in total. The van der Waals surface area contributed by atoms with E-state index >= 15 is 0 Å². The molecule has 6 atom stereocenters. The van der Waals surface area contributed by atoms with Crippen molar-refractivity contribution in [1.82, 2.24) is 5.32 Å². The van der Waals surface area contributed by atoms with Gasteiger partial charge in [0.25, 0.3) is 0 Å². The number of carbonyl (C=O) groups is 1. The minimum Gasteiger partial charge on any atom is -0.303 e. The van der Waals surface area contributed by atoms with E-state index in [9.17, 15) is 13.4 Å². The summed E-state index contributed by atoms with van der Waals surface area (Å²) >= 11 is 0. The first-order valence-corrected chi connectivity index (χ1v) is 11.2. The number of rotatable bonds is 5. The molecular weight excluding hydrogens is 373 g/mol. The standard InChI is InChI=1S/C23H26FNO2S/c1-3-4-18-21(15-7-9-16(24)10-8-15)23(26)19-13-20(22(18)25-19)28(27)17-11-5-14(2)6-12-17/h5-12,18-22,25H,3-4,13H2,1-2H3/t18-,19+,20+,21-,22-,28?/m1/s1. The van der Waals surface area contributed by atoms with Crippen molar-refractivity contribution in [3.05, 3.63) is 65.5 Å². The lowest BCUT2D eigenvalue weighted by molar-refractivity contribution is -0.125. The zero-order valence-electron chi connectivity index (χ0n) is 16.2. The fourth-order valence-corrected chi connectivity index (χ4v) is 6.52. The van der Waals surface area contributed by atoms with E-state index < -0.39 is 10.8 Å². The minimum absolute atomic E-state index is 0.0276. The van der Waals surface area contributed by atoms with E-state index in [4.69, 9.17) is 0 Å². The summed E-state index contributed by atoms with van der Waals surface area (Å²) in [5.74, 6) is -0.318. The van der Waals surface area contributed by atoms with Gasteiger partial charge in [-0.05, 0) is 55.5 Å². The predicted molar refractivity (Wildman–Crippen MR) is 109 cm³/mol. The highest BCUT2D eigenvalue weighted by Gasteiger charge is 2.53. The molecule has 0 aromatic heterocycles. The Balaban J connectivity index is 1.67. The third kappa shape index (κ3) is 3.46. The van der Waals surface area contributed by atoms with Crippen molar-refractivity contribution >= 4 is 16.6 Å². The quantitative estimate of drug-likeness (QED) is 0.823. The van der Waals surface area contributed by atoms with Crippen molar-refractivity contribution in [3.8, 4) is 0 Å². The SMILES string of the molecule is CCC[C@H]1[C@H]2N[C@@H](C[C@@H]2S(=O)c2ccc(C)cc2)C(=O)[C@@H]1c1ccc(F)cc1. The topological polar surface area (TPSA) is 46.2 Å². The van der Waals surface area contributed by atoms with Crippen molar-refractivity contribution in [3.63, 3.8) is 0 Å². The summed E-state index contributed by atoms with van der Waals surface area (Å²) in [4.78, 5) is 14.1. The maximum absolute atomic E-state index is 13.4. The summed E-state index contributed by atoms with van der Waals surface area (Å²) in [6.45, 7) is 4.12. The average molecular weight is 400 g/mol. The van der Waals surface area contributed by atoms with Gasteiger partial charge in [-0.1, -0.05) is 43.2 Å². The van der Waals surface area contributed by atoms with Gasteiger partial charge in [0, 0.05) is 16.9 Å². The molecule has 0 aliphatic carbocycles. The van der Waals surface area contributed by atoms with Gasteiger partial charge in [-0.2, -0.15) is 0 Å². The highest BCUT2D eigenvalue weighted by molar-refractivity contribution is 7.85. The smallest absolute Gasteiger partial charge is 0.157 e.